The molecule has 0 aromatic carbocycles. The van der Waals surface area contributed by atoms with E-state index in [9.17, 15) is 4.79 Å². The summed E-state index contributed by atoms with van der Waals surface area (Å²) in [6.07, 6.45) is 5.23. The third-order valence-corrected chi connectivity index (χ3v) is 3.58. The van der Waals surface area contributed by atoms with Crippen LogP contribution in [0.4, 0.5) is 9.93 Å². The highest BCUT2D eigenvalue weighted by atomic mass is 32.1. The Kier molecular flexibility index (Phi) is 3.32. The number of hydrogen-bond acceptors (Lipinski definition) is 6. The second kappa shape index (κ2) is 5.27. The minimum atomic E-state index is -0.174. The lowest BCUT2D eigenvalue weighted by Gasteiger charge is -2.22. The molecule has 1 aliphatic heterocycles. The Hall–Kier alpha value is -2.09. The van der Waals surface area contributed by atoms with Crippen LogP contribution < -0.4 is 5.32 Å². The molecule has 1 fully saturated rings. The molecule has 7 nitrogen and oxygen atoms in total. The number of rotatable bonds is 2. The van der Waals surface area contributed by atoms with Gasteiger partial charge in [0.1, 0.15) is 5.51 Å². The second-order valence-corrected chi connectivity index (χ2v) is 4.97. The molecule has 3 rings (SSSR count). The van der Waals surface area contributed by atoms with Crippen molar-refractivity contribution in [3.05, 3.63) is 29.8 Å². The van der Waals surface area contributed by atoms with Crippen LogP contribution in [0.5, 0.6) is 0 Å². The maximum Gasteiger partial charge on any atom is 0.324 e. The topological polar surface area (TPSA) is 83.9 Å². The fourth-order valence-electron chi connectivity index (χ4n) is 2.15. The van der Waals surface area contributed by atoms with Crippen LogP contribution in [-0.4, -0.2) is 37.6 Å². The Morgan fingerprint density at radius 1 is 1.42 bits per heavy atom. The van der Waals surface area contributed by atoms with Gasteiger partial charge >= 0.3 is 6.03 Å². The second-order valence-electron chi connectivity index (χ2n) is 4.13. The van der Waals surface area contributed by atoms with Gasteiger partial charge in [0.25, 0.3) is 0 Å². The number of nitrogens with zero attached hydrogens (tertiary/aromatic N) is 5. The van der Waals surface area contributed by atoms with Gasteiger partial charge in [-0.15, -0.1) is 10.2 Å². The van der Waals surface area contributed by atoms with Crippen molar-refractivity contribution >= 4 is 22.5 Å². The fraction of sp³-hybridized carbons (Fsp3) is 0.364. The number of amides is 2. The zero-order valence-electron chi connectivity index (χ0n) is 10.1. The van der Waals surface area contributed by atoms with Gasteiger partial charge in [0.2, 0.25) is 5.13 Å². The first-order valence-corrected chi connectivity index (χ1v) is 6.83. The van der Waals surface area contributed by atoms with Gasteiger partial charge in [-0.3, -0.25) is 5.32 Å². The molecule has 1 N–H and O–H groups in total. The zero-order valence-corrected chi connectivity index (χ0v) is 10.9. The van der Waals surface area contributed by atoms with Crippen LogP contribution in [0, 0.1) is 0 Å². The number of anilines is 1. The summed E-state index contributed by atoms with van der Waals surface area (Å²) in [6, 6.07) is 1.53. The van der Waals surface area contributed by atoms with Crippen LogP contribution in [0.15, 0.2) is 24.0 Å². The van der Waals surface area contributed by atoms with Crippen LogP contribution in [0.1, 0.15) is 24.7 Å². The summed E-state index contributed by atoms with van der Waals surface area (Å²) in [5, 5.41) is 10.7. The Balaban J connectivity index is 1.74. The number of likely N-dealkylation sites (tertiary alicyclic amines) is 1. The summed E-state index contributed by atoms with van der Waals surface area (Å²) in [4.78, 5) is 22.4. The number of nitrogens with one attached hydrogen (secondary N) is 1. The van der Waals surface area contributed by atoms with Gasteiger partial charge in [0, 0.05) is 18.9 Å². The SMILES string of the molecule is O=C(Nc1nncs1)N1CCCC1c1ncccn1. The van der Waals surface area contributed by atoms with Crippen molar-refractivity contribution in [2.24, 2.45) is 0 Å². The third kappa shape index (κ3) is 2.53. The van der Waals surface area contributed by atoms with Crippen LogP contribution in [-0.2, 0) is 0 Å². The van der Waals surface area contributed by atoms with Crippen molar-refractivity contribution in [1.82, 2.24) is 25.1 Å². The molecule has 8 heteroatoms. The van der Waals surface area contributed by atoms with E-state index in [1.54, 1.807) is 28.9 Å². The minimum absolute atomic E-state index is 0.0610. The molecule has 19 heavy (non-hydrogen) atoms. The number of urea groups is 1. The average Bonchev–Trinajstić information content (AvgIpc) is 3.10. The highest BCUT2D eigenvalue weighted by molar-refractivity contribution is 7.13. The van der Waals surface area contributed by atoms with Crippen molar-refractivity contribution in [1.29, 1.82) is 0 Å². The summed E-state index contributed by atoms with van der Waals surface area (Å²) >= 11 is 1.29. The first-order valence-electron chi connectivity index (χ1n) is 5.95. The Labute approximate surface area is 113 Å². The molecule has 2 aromatic rings. The van der Waals surface area contributed by atoms with E-state index in [0.29, 0.717) is 17.5 Å². The van der Waals surface area contributed by atoms with Gasteiger partial charge in [-0.05, 0) is 18.9 Å². The lowest BCUT2D eigenvalue weighted by atomic mass is 10.2. The molecule has 1 saturated heterocycles. The Bertz CT molecular complexity index is 546. The number of carbonyl (C=O) groups is 1. The average molecular weight is 276 g/mol. The smallest absolute Gasteiger partial charge is 0.314 e. The van der Waals surface area contributed by atoms with Crippen molar-refractivity contribution < 1.29 is 4.79 Å². The van der Waals surface area contributed by atoms with Crippen LogP contribution >= 0.6 is 11.3 Å². The molecular weight excluding hydrogens is 264 g/mol. The van der Waals surface area contributed by atoms with Crippen molar-refractivity contribution in [3.8, 4) is 0 Å². The van der Waals surface area contributed by atoms with E-state index in [4.69, 9.17) is 0 Å². The monoisotopic (exact) mass is 276 g/mol. The highest BCUT2D eigenvalue weighted by Gasteiger charge is 2.32. The van der Waals surface area contributed by atoms with Gasteiger partial charge in [0.05, 0.1) is 6.04 Å². The number of aromatic nitrogens is 4. The van der Waals surface area contributed by atoms with Gasteiger partial charge < -0.3 is 4.90 Å². The largest absolute Gasteiger partial charge is 0.324 e. The molecule has 0 radical (unpaired) electrons. The molecule has 1 aliphatic rings. The van der Waals surface area contributed by atoms with Crippen molar-refractivity contribution in [2.75, 3.05) is 11.9 Å². The number of hydrogen-bond donors (Lipinski definition) is 1. The Morgan fingerprint density at radius 3 is 3.00 bits per heavy atom. The molecule has 98 valence electrons. The normalized spacial score (nSPS) is 18.5. The van der Waals surface area contributed by atoms with Crippen LogP contribution in [0.2, 0.25) is 0 Å². The molecule has 2 amide bonds. The van der Waals surface area contributed by atoms with E-state index in [-0.39, 0.29) is 12.1 Å². The predicted molar refractivity (Wildman–Crippen MR) is 69.6 cm³/mol. The molecule has 0 saturated carbocycles. The van der Waals surface area contributed by atoms with Crippen LogP contribution in [0.3, 0.4) is 0 Å². The molecule has 0 spiro atoms. The zero-order chi connectivity index (χ0) is 13.1. The molecule has 0 bridgehead atoms. The maximum atomic E-state index is 12.2. The fourth-order valence-corrected chi connectivity index (χ4v) is 2.59. The standard InChI is InChI=1S/C11H12N6OS/c18-11(15-10-16-14-7-19-10)17-6-1-3-8(17)9-12-4-2-5-13-9/h2,4-5,7-8H,1,3,6H2,(H,15,16,18). The van der Waals surface area contributed by atoms with E-state index in [0.717, 1.165) is 12.8 Å². The van der Waals surface area contributed by atoms with E-state index in [1.165, 1.54) is 11.3 Å². The first kappa shape index (κ1) is 12.0. The number of carbonyl (C=O) groups excluding carboxylic acids is 1. The molecule has 2 aromatic heterocycles. The summed E-state index contributed by atoms with van der Waals surface area (Å²) < 4.78 is 0. The van der Waals surface area contributed by atoms with E-state index < -0.39 is 0 Å². The minimum Gasteiger partial charge on any atom is -0.314 e. The maximum absolute atomic E-state index is 12.2. The van der Waals surface area contributed by atoms with E-state index in [1.807, 2.05) is 0 Å². The van der Waals surface area contributed by atoms with Crippen molar-refractivity contribution in [2.45, 2.75) is 18.9 Å². The quantitative estimate of drug-likeness (QED) is 0.902. The van der Waals surface area contributed by atoms with E-state index >= 15 is 0 Å². The lowest BCUT2D eigenvalue weighted by Crippen LogP contribution is -2.35. The predicted octanol–water partition coefficient (Wildman–Crippen LogP) is 1.70. The Morgan fingerprint density at radius 2 is 2.26 bits per heavy atom. The molecule has 1 atom stereocenters. The van der Waals surface area contributed by atoms with Crippen molar-refractivity contribution in [3.63, 3.8) is 0 Å². The third-order valence-electron chi connectivity index (χ3n) is 2.97. The summed E-state index contributed by atoms with van der Waals surface area (Å²) in [5.41, 5.74) is 1.58. The summed E-state index contributed by atoms with van der Waals surface area (Å²) in [5.74, 6) is 0.687. The summed E-state index contributed by atoms with van der Waals surface area (Å²) in [7, 11) is 0. The van der Waals surface area contributed by atoms with E-state index in [2.05, 4.69) is 25.5 Å². The first-order chi connectivity index (χ1) is 9.34. The van der Waals surface area contributed by atoms with Gasteiger partial charge in [-0.1, -0.05) is 11.3 Å². The van der Waals surface area contributed by atoms with Crippen LogP contribution in [0.25, 0.3) is 0 Å². The van der Waals surface area contributed by atoms with Gasteiger partial charge in [-0.25, -0.2) is 14.8 Å². The molecule has 1 unspecified atom stereocenters. The van der Waals surface area contributed by atoms with Gasteiger partial charge in [0.15, 0.2) is 5.82 Å². The lowest BCUT2D eigenvalue weighted by molar-refractivity contribution is 0.205. The highest BCUT2D eigenvalue weighted by Crippen LogP contribution is 2.30. The molecule has 3 heterocycles. The molecular formula is C11H12N6OS. The van der Waals surface area contributed by atoms with Gasteiger partial charge in [-0.2, -0.15) is 0 Å². The summed E-state index contributed by atoms with van der Waals surface area (Å²) in [6.45, 7) is 0.702. The molecule has 0 aliphatic carbocycles.